The third-order valence-corrected chi connectivity index (χ3v) is 5.56. The summed E-state index contributed by atoms with van der Waals surface area (Å²) in [5, 5.41) is 8.60. The fourth-order valence-corrected chi connectivity index (χ4v) is 4.23. The molecule has 3 atom stereocenters. The Bertz CT molecular complexity index is 410. The molecule has 0 amide bonds. The van der Waals surface area contributed by atoms with Gasteiger partial charge in [0.05, 0.1) is 0 Å². The molecule has 1 heterocycles. The average Bonchev–Trinajstić information content (AvgIpc) is 2.73. The Morgan fingerprint density at radius 2 is 2.11 bits per heavy atom. The van der Waals surface area contributed by atoms with E-state index < -0.39 is 0 Å². The predicted octanol–water partition coefficient (Wildman–Crippen LogP) is 2.99. The third kappa shape index (κ3) is 3.72. The Kier molecular flexibility index (Phi) is 4.56. The number of H-pyrrole nitrogens is 1. The van der Waals surface area contributed by atoms with Crippen molar-refractivity contribution in [1.29, 1.82) is 0 Å². The van der Waals surface area contributed by atoms with E-state index in [9.17, 15) is 0 Å². The molecule has 0 aliphatic heterocycles. The maximum atomic E-state index is 5.95. The molecule has 1 fully saturated rings. The summed E-state index contributed by atoms with van der Waals surface area (Å²) in [6.07, 6.45) is 3.76. The first-order valence-electron chi connectivity index (χ1n) is 7.16. The van der Waals surface area contributed by atoms with Crippen molar-refractivity contribution >= 4 is 11.8 Å². The maximum absolute atomic E-state index is 5.95. The van der Waals surface area contributed by atoms with Crippen LogP contribution < -0.4 is 5.73 Å². The van der Waals surface area contributed by atoms with Crippen LogP contribution in [0.5, 0.6) is 0 Å². The van der Waals surface area contributed by atoms with Crippen molar-refractivity contribution in [1.82, 2.24) is 15.2 Å². The molecule has 0 saturated heterocycles. The van der Waals surface area contributed by atoms with Crippen LogP contribution >= 0.6 is 11.8 Å². The van der Waals surface area contributed by atoms with E-state index in [2.05, 4.69) is 36.0 Å². The van der Waals surface area contributed by atoms with E-state index >= 15 is 0 Å². The summed E-state index contributed by atoms with van der Waals surface area (Å²) in [5.74, 6) is 2.25. The minimum absolute atomic E-state index is 0.382. The number of aromatic nitrogens is 3. The number of aryl methyl sites for hydroxylation is 1. The van der Waals surface area contributed by atoms with Gasteiger partial charge in [0.2, 0.25) is 5.16 Å². The molecule has 1 aliphatic carbocycles. The molecule has 1 saturated carbocycles. The lowest BCUT2D eigenvalue weighted by molar-refractivity contribution is 0.157. The Balaban J connectivity index is 2.05. The molecular weight excluding hydrogens is 256 g/mol. The van der Waals surface area contributed by atoms with Gasteiger partial charge in [-0.05, 0) is 50.0 Å². The highest BCUT2D eigenvalue weighted by Crippen LogP contribution is 2.44. The lowest BCUT2D eigenvalue weighted by atomic mass is 9.69. The standard InChI is InChI=1S/C14H26N4S/c1-9-16-13(18-17-9)19-12-7-11(14(2,3)4)6-5-10(12)8-15/h10-12H,5-8,15H2,1-4H3,(H,16,17,18). The molecule has 108 valence electrons. The van der Waals surface area contributed by atoms with Gasteiger partial charge < -0.3 is 5.73 Å². The van der Waals surface area contributed by atoms with Crippen LogP contribution in [0.15, 0.2) is 5.16 Å². The molecule has 0 radical (unpaired) electrons. The van der Waals surface area contributed by atoms with E-state index in [1.54, 1.807) is 11.8 Å². The van der Waals surface area contributed by atoms with Crippen LogP contribution in [0.1, 0.15) is 45.9 Å². The largest absolute Gasteiger partial charge is 0.330 e. The summed E-state index contributed by atoms with van der Waals surface area (Å²) < 4.78 is 0. The lowest BCUT2D eigenvalue weighted by Crippen LogP contribution is -2.36. The molecule has 3 N–H and O–H groups in total. The van der Waals surface area contributed by atoms with Crippen molar-refractivity contribution in [2.45, 2.75) is 57.4 Å². The van der Waals surface area contributed by atoms with E-state index in [1.807, 2.05) is 6.92 Å². The van der Waals surface area contributed by atoms with Crippen LogP contribution in [-0.2, 0) is 0 Å². The molecule has 1 aliphatic rings. The van der Waals surface area contributed by atoms with Gasteiger partial charge in [0.1, 0.15) is 5.82 Å². The number of hydrogen-bond donors (Lipinski definition) is 2. The van der Waals surface area contributed by atoms with Crippen LogP contribution in [0.3, 0.4) is 0 Å². The SMILES string of the molecule is Cc1nc(SC2CC(C(C)(C)C)CCC2CN)n[nH]1. The molecule has 0 aromatic carbocycles. The molecule has 1 aromatic rings. The Morgan fingerprint density at radius 1 is 1.37 bits per heavy atom. The van der Waals surface area contributed by atoms with E-state index in [1.165, 1.54) is 19.3 Å². The maximum Gasteiger partial charge on any atom is 0.208 e. The second-order valence-electron chi connectivity index (χ2n) is 6.73. The van der Waals surface area contributed by atoms with Crippen molar-refractivity contribution < 1.29 is 0 Å². The van der Waals surface area contributed by atoms with Gasteiger partial charge in [-0.25, -0.2) is 4.98 Å². The van der Waals surface area contributed by atoms with E-state index in [4.69, 9.17) is 5.73 Å². The second kappa shape index (κ2) is 5.83. The zero-order valence-electron chi connectivity index (χ0n) is 12.4. The van der Waals surface area contributed by atoms with Crippen LogP contribution in [-0.4, -0.2) is 27.0 Å². The number of nitrogens with one attached hydrogen (secondary N) is 1. The first kappa shape index (κ1) is 14.9. The number of aromatic amines is 1. The molecule has 3 unspecified atom stereocenters. The van der Waals surface area contributed by atoms with Gasteiger partial charge in [-0.1, -0.05) is 32.5 Å². The number of thioether (sulfide) groups is 1. The minimum atomic E-state index is 0.382. The Hall–Kier alpha value is -0.550. The van der Waals surface area contributed by atoms with Gasteiger partial charge in [0.25, 0.3) is 0 Å². The summed E-state index contributed by atoms with van der Waals surface area (Å²) in [6, 6.07) is 0. The van der Waals surface area contributed by atoms with E-state index in [-0.39, 0.29) is 0 Å². The Labute approximate surface area is 120 Å². The summed E-state index contributed by atoms with van der Waals surface area (Å²) in [5.41, 5.74) is 6.33. The van der Waals surface area contributed by atoms with Gasteiger partial charge in [-0.2, -0.15) is 0 Å². The number of rotatable bonds is 3. The zero-order chi connectivity index (χ0) is 14.0. The first-order chi connectivity index (χ1) is 8.90. The molecule has 4 nitrogen and oxygen atoms in total. The van der Waals surface area contributed by atoms with E-state index in [0.29, 0.717) is 16.6 Å². The van der Waals surface area contributed by atoms with Crippen LogP contribution in [0.4, 0.5) is 0 Å². The highest BCUT2D eigenvalue weighted by Gasteiger charge is 2.36. The average molecular weight is 282 g/mol. The third-order valence-electron chi connectivity index (χ3n) is 4.29. The van der Waals surface area contributed by atoms with Crippen molar-refractivity contribution in [2.75, 3.05) is 6.54 Å². The van der Waals surface area contributed by atoms with Crippen molar-refractivity contribution in [2.24, 2.45) is 23.0 Å². The smallest absolute Gasteiger partial charge is 0.208 e. The highest BCUT2D eigenvalue weighted by molar-refractivity contribution is 7.99. The molecule has 19 heavy (non-hydrogen) atoms. The molecular formula is C14H26N4S. The van der Waals surface area contributed by atoms with Gasteiger partial charge in [0.15, 0.2) is 0 Å². The molecule has 5 heteroatoms. The van der Waals surface area contributed by atoms with Gasteiger partial charge in [-0.15, -0.1) is 5.10 Å². The van der Waals surface area contributed by atoms with Crippen LogP contribution in [0, 0.1) is 24.2 Å². The van der Waals surface area contributed by atoms with Crippen LogP contribution in [0.25, 0.3) is 0 Å². The second-order valence-corrected chi connectivity index (χ2v) is 7.94. The lowest BCUT2D eigenvalue weighted by Gasteiger charge is -2.41. The fourth-order valence-electron chi connectivity index (χ4n) is 2.90. The van der Waals surface area contributed by atoms with Gasteiger partial charge >= 0.3 is 0 Å². The quantitative estimate of drug-likeness (QED) is 0.894. The normalized spacial score (nSPS) is 28.6. The fraction of sp³-hybridized carbons (Fsp3) is 0.857. The van der Waals surface area contributed by atoms with Crippen molar-refractivity contribution in [3.05, 3.63) is 5.82 Å². The number of nitrogens with two attached hydrogens (primary N) is 1. The summed E-state index contributed by atoms with van der Waals surface area (Å²) >= 11 is 1.80. The topological polar surface area (TPSA) is 67.6 Å². The molecule has 0 bridgehead atoms. The van der Waals surface area contributed by atoms with Gasteiger partial charge in [-0.3, -0.25) is 5.10 Å². The summed E-state index contributed by atoms with van der Waals surface area (Å²) in [6.45, 7) is 9.76. The molecule has 0 spiro atoms. The van der Waals surface area contributed by atoms with Gasteiger partial charge in [0, 0.05) is 5.25 Å². The monoisotopic (exact) mass is 282 g/mol. The summed E-state index contributed by atoms with van der Waals surface area (Å²) in [4.78, 5) is 4.42. The van der Waals surface area contributed by atoms with Crippen molar-refractivity contribution in [3.63, 3.8) is 0 Å². The first-order valence-corrected chi connectivity index (χ1v) is 8.04. The predicted molar refractivity (Wildman–Crippen MR) is 80.1 cm³/mol. The molecule has 2 rings (SSSR count). The summed E-state index contributed by atoms with van der Waals surface area (Å²) in [7, 11) is 0. The Morgan fingerprint density at radius 3 is 2.63 bits per heavy atom. The molecule has 1 aromatic heterocycles. The number of nitrogens with zero attached hydrogens (tertiary/aromatic N) is 2. The zero-order valence-corrected chi connectivity index (χ0v) is 13.3. The van der Waals surface area contributed by atoms with E-state index in [0.717, 1.165) is 23.4 Å². The highest BCUT2D eigenvalue weighted by atomic mass is 32.2. The number of hydrogen-bond acceptors (Lipinski definition) is 4. The van der Waals surface area contributed by atoms with Crippen LogP contribution in [0.2, 0.25) is 0 Å². The minimum Gasteiger partial charge on any atom is -0.330 e. The van der Waals surface area contributed by atoms with Crippen molar-refractivity contribution in [3.8, 4) is 0 Å².